The third-order valence-electron chi connectivity index (χ3n) is 9.35. The van der Waals surface area contributed by atoms with E-state index in [1.807, 2.05) is 6.92 Å². The maximum Gasteiger partial charge on any atom is 0.330 e. The first-order chi connectivity index (χ1) is 24.4. The molecule has 2 fully saturated rings. The smallest absolute Gasteiger partial charge is 0.330 e. The molecule has 4 rings (SSSR count). The van der Waals surface area contributed by atoms with Gasteiger partial charge in [0.15, 0.2) is 18.1 Å². The average Bonchev–Trinajstić information content (AvgIpc) is 3.35. The van der Waals surface area contributed by atoms with Crippen molar-refractivity contribution in [1.82, 2.24) is 20.2 Å². The first kappa shape index (κ1) is 40.2. The first-order valence-electron chi connectivity index (χ1n) is 17.9. The van der Waals surface area contributed by atoms with Gasteiger partial charge in [0.1, 0.15) is 36.6 Å². The van der Waals surface area contributed by atoms with Crippen molar-refractivity contribution in [1.29, 1.82) is 0 Å². The number of nitrogens with one attached hydrogen (secondary N) is 3. The van der Waals surface area contributed by atoms with Gasteiger partial charge in [0.25, 0.3) is 11.5 Å². The summed E-state index contributed by atoms with van der Waals surface area (Å²) in [6.45, 7) is 4.30. The van der Waals surface area contributed by atoms with Crippen molar-refractivity contribution in [2.45, 2.75) is 146 Å². The van der Waals surface area contributed by atoms with E-state index in [2.05, 4.69) is 22.5 Å². The van der Waals surface area contributed by atoms with Crippen LogP contribution in [0.25, 0.3) is 0 Å². The Balaban J connectivity index is 1.49. The zero-order chi connectivity index (χ0) is 37.1. The molecule has 51 heavy (non-hydrogen) atoms. The number of aromatic nitrogens is 2. The van der Waals surface area contributed by atoms with Gasteiger partial charge in [-0.1, -0.05) is 51.9 Å². The fourth-order valence-corrected chi connectivity index (χ4v) is 6.54. The molecule has 17 nitrogen and oxygen atoms in total. The number of H-pyrrole nitrogens is 1. The zero-order valence-electron chi connectivity index (χ0n) is 29.5. The van der Waals surface area contributed by atoms with Crippen LogP contribution in [0, 0.1) is 0 Å². The molecule has 1 aromatic heterocycles. The molecule has 7 N–H and O–H groups in total. The minimum absolute atomic E-state index is 0.0590. The Labute approximate surface area is 296 Å². The lowest BCUT2D eigenvalue weighted by atomic mass is 10.0. The number of unbranched alkanes of at least 4 members (excludes halogenated alkanes) is 7. The molecule has 0 saturated carbocycles. The zero-order valence-corrected chi connectivity index (χ0v) is 29.5. The summed E-state index contributed by atoms with van der Waals surface area (Å²) in [4.78, 5) is 65.5. The van der Waals surface area contributed by atoms with E-state index in [1.54, 1.807) is 0 Å². The van der Waals surface area contributed by atoms with Gasteiger partial charge in [-0.2, -0.15) is 0 Å². The van der Waals surface area contributed by atoms with E-state index in [9.17, 15) is 34.2 Å². The molecule has 0 bridgehead atoms. The Morgan fingerprint density at radius 2 is 1.78 bits per heavy atom. The van der Waals surface area contributed by atoms with Crippen LogP contribution in [-0.4, -0.2) is 106 Å². The Bertz CT molecular complexity index is 1470. The summed E-state index contributed by atoms with van der Waals surface area (Å²) < 4.78 is 30.7. The van der Waals surface area contributed by atoms with Gasteiger partial charge in [0.05, 0.1) is 0 Å². The second-order valence-corrected chi connectivity index (χ2v) is 13.3. The number of aliphatic hydroxyl groups is 2. The molecule has 0 radical (unpaired) electrons. The highest BCUT2D eigenvalue weighted by molar-refractivity contribution is 5.95. The number of ether oxygens (including phenoxy) is 5. The van der Waals surface area contributed by atoms with Gasteiger partial charge < -0.3 is 50.3 Å². The highest BCUT2D eigenvalue weighted by Gasteiger charge is 2.53. The van der Waals surface area contributed by atoms with E-state index < -0.39 is 84.0 Å². The van der Waals surface area contributed by atoms with Crippen molar-refractivity contribution in [3.63, 3.8) is 0 Å². The molecule has 0 spiro atoms. The molecule has 0 aromatic carbocycles. The molecule has 10 atom stereocenters. The number of methoxy groups -OCH3 is 1. The minimum Gasteiger partial charge on any atom is -0.456 e. The summed E-state index contributed by atoms with van der Waals surface area (Å²) in [5.74, 6) is -2.75. The number of carbonyl (C=O) groups excluding carboxylic acids is 3. The van der Waals surface area contributed by atoms with E-state index >= 15 is 0 Å². The summed E-state index contributed by atoms with van der Waals surface area (Å²) in [6.07, 6.45) is 0.890. The Kier molecular flexibility index (Phi) is 15.2. The van der Waals surface area contributed by atoms with Crippen molar-refractivity contribution < 1.29 is 48.3 Å². The molecule has 0 unspecified atom stereocenters. The van der Waals surface area contributed by atoms with Crippen LogP contribution in [0.15, 0.2) is 33.7 Å². The third kappa shape index (κ3) is 10.7. The quantitative estimate of drug-likeness (QED) is 0.110. The van der Waals surface area contributed by atoms with Gasteiger partial charge in [-0.25, -0.2) is 4.79 Å². The number of primary amides is 1. The summed E-state index contributed by atoms with van der Waals surface area (Å²) in [7, 11) is 1.34. The van der Waals surface area contributed by atoms with Gasteiger partial charge in [-0.15, -0.1) is 0 Å². The van der Waals surface area contributed by atoms with E-state index in [-0.39, 0.29) is 18.6 Å². The van der Waals surface area contributed by atoms with Gasteiger partial charge in [0, 0.05) is 32.0 Å². The maximum atomic E-state index is 13.2. The van der Waals surface area contributed by atoms with Gasteiger partial charge in [0.2, 0.25) is 18.1 Å². The molecular weight excluding hydrogens is 670 g/mol. The predicted octanol–water partition coefficient (Wildman–Crippen LogP) is -0.0192. The van der Waals surface area contributed by atoms with Gasteiger partial charge >= 0.3 is 5.69 Å². The summed E-state index contributed by atoms with van der Waals surface area (Å²) in [5, 5.41) is 26.8. The third-order valence-corrected chi connectivity index (χ3v) is 9.35. The Morgan fingerprint density at radius 1 is 1.08 bits per heavy atom. The van der Waals surface area contributed by atoms with E-state index in [0.29, 0.717) is 19.3 Å². The van der Waals surface area contributed by atoms with Crippen molar-refractivity contribution in [2.24, 2.45) is 5.73 Å². The van der Waals surface area contributed by atoms with Gasteiger partial charge in [-0.3, -0.25) is 28.7 Å². The molecule has 3 aliphatic rings. The number of carbonyl (C=O) groups is 3. The lowest BCUT2D eigenvalue weighted by Gasteiger charge is -2.35. The Hall–Kier alpha value is -3.61. The standard InChI is InChI=1S/C34H53N5O12/c1-4-5-6-7-8-9-10-11-17-48-28-25(47-3)26(50-32(28)39-16-15-23(41)38-34(39)46)27(29(35)43)51-33-24(42)21(40)18-22(49-33)31(45)37-20-14-12-13-19(2)36-30(20)44/h15-16,18-21,24-28,32-33,40,42H,4-14,17H2,1-3H3,(H2,35,43)(H,36,44)(H,37,45)(H,38,41,46)/t19-,20-,21-,24-,25+,26-,27+,28+,32+,33+/m0/s1. The summed E-state index contributed by atoms with van der Waals surface area (Å²) in [5.41, 5.74) is 4.34. The first-order valence-corrected chi connectivity index (χ1v) is 17.9. The second-order valence-electron chi connectivity index (χ2n) is 13.3. The van der Waals surface area contributed by atoms with Crippen LogP contribution in [0.4, 0.5) is 0 Å². The summed E-state index contributed by atoms with van der Waals surface area (Å²) >= 11 is 0. The molecule has 1 aromatic rings. The number of amides is 3. The van der Waals surface area contributed by atoms with Crippen LogP contribution >= 0.6 is 0 Å². The lowest BCUT2D eigenvalue weighted by molar-refractivity contribution is -0.241. The number of nitrogens with zero attached hydrogens (tertiary/aromatic N) is 1. The lowest BCUT2D eigenvalue weighted by Crippen LogP contribution is -2.54. The second kappa shape index (κ2) is 19.3. The molecule has 4 heterocycles. The fourth-order valence-electron chi connectivity index (χ4n) is 6.54. The van der Waals surface area contributed by atoms with Crippen LogP contribution in [-0.2, 0) is 38.1 Å². The summed E-state index contributed by atoms with van der Waals surface area (Å²) in [6, 6.07) is 0.207. The molecule has 0 aliphatic carbocycles. The highest BCUT2D eigenvalue weighted by Crippen LogP contribution is 2.36. The topological polar surface area (TPSA) is 243 Å². The molecule has 286 valence electrons. The number of aliphatic hydroxyl groups excluding tert-OH is 2. The molecule has 3 aliphatic heterocycles. The number of hydrogen-bond acceptors (Lipinski definition) is 12. The van der Waals surface area contributed by atoms with E-state index in [1.165, 1.54) is 39.0 Å². The highest BCUT2D eigenvalue weighted by atomic mass is 16.7. The van der Waals surface area contributed by atoms with Crippen LogP contribution in [0.3, 0.4) is 0 Å². The average molecular weight is 724 g/mol. The van der Waals surface area contributed by atoms with Crippen LogP contribution in [0.5, 0.6) is 0 Å². The predicted molar refractivity (Wildman–Crippen MR) is 181 cm³/mol. The van der Waals surface area contributed by atoms with Crippen LogP contribution < -0.4 is 27.6 Å². The van der Waals surface area contributed by atoms with E-state index in [0.717, 1.165) is 42.4 Å². The largest absolute Gasteiger partial charge is 0.456 e. The normalized spacial score (nSPS) is 30.1. The Morgan fingerprint density at radius 3 is 2.45 bits per heavy atom. The number of hydrogen-bond donors (Lipinski definition) is 6. The SMILES string of the molecule is CCCCCCCCCCO[C@@H]1[C@H](OC)[C@@H]([C@@H](O[C@H]2OC(C(=O)N[C@H]3CCC[C@H](C)NC3=O)=C[C@H](O)[C@@H]2O)C(N)=O)O[C@H]1n1ccc(=O)[nH]c1=O. The van der Waals surface area contributed by atoms with Crippen LogP contribution in [0.2, 0.25) is 0 Å². The van der Waals surface area contributed by atoms with Crippen LogP contribution in [0.1, 0.15) is 90.7 Å². The molecule has 3 amide bonds. The van der Waals surface area contributed by atoms with Crippen molar-refractivity contribution in [3.8, 4) is 0 Å². The monoisotopic (exact) mass is 723 g/mol. The minimum atomic E-state index is -1.81. The number of nitrogens with two attached hydrogens (primary N) is 1. The van der Waals surface area contributed by atoms with Crippen molar-refractivity contribution >= 4 is 17.7 Å². The number of aromatic amines is 1. The van der Waals surface area contributed by atoms with Crippen molar-refractivity contribution in [3.05, 3.63) is 44.9 Å². The number of rotatable bonds is 18. The fraction of sp³-hybridized carbons (Fsp3) is 0.735. The van der Waals surface area contributed by atoms with Crippen molar-refractivity contribution in [2.75, 3.05) is 13.7 Å². The molecular formula is C34H53N5O12. The molecule has 2 saturated heterocycles. The molecule has 17 heteroatoms. The maximum absolute atomic E-state index is 13.2. The van der Waals surface area contributed by atoms with Gasteiger partial charge in [-0.05, 0) is 38.7 Å². The van der Waals surface area contributed by atoms with E-state index in [4.69, 9.17) is 29.4 Å².